The predicted molar refractivity (Wildman–Crippen MR) is 137 cm³/mol. The van der Waals surface area contributed by atoms with Crippen molar-refractivity contribution < 1.29 is 9.59 Å². The van der Waals surface area contributed by atoms with Gasteiger partial charge in [-0.3, -0.25) is 9.59 Å². The van der Waals surface area contributed by atoms with Gasteiger partial charge in [0.05, 0.1) is 0 Å². The number of carbonyl (C=O) groups excluding carboxylic acids is 2. The maximum absolute atomic E-state index is 12.9. The summed E-state index contributed by atoms with van der Waals surface area (Å²) in [6.45, 7) is 10.3. The number of nitrogens with one attached hydrogen (secondary N) is 4. The molecular formula is C27H37N5O2. The molecule has 7 heteroatoms. The van der Waals surface area contributed by atoms with Crippen LogP contribution in [0.25, 0.3) is 0 Å². The molecule has 2 aliphatic rings. The van der Waals surface area contributed by atoms with Crippen molar-refractivity contribution in [3.63, 3.8) is 0 Å². The van der Waals surface area contributed by atoms with E-state index in [1.165, 1.54) is 0 Å². The molecule has 1 heterocycles. The van der Waals surface area contributed by atoms with E-state index in [0.29, 0.717) is 22.3 Å². The van der Waals surface area contributed by atoms with Crippen LogP contribution in [0.1, 0.15) is 51.1 Å². The van der Waals surface area contributed by atoms with Crippen LogP contribution >= 0.6 is 0 Å². The molecule has 0 bridgehead atoms. The third-order valence-electron chi connectivity index (χ3n) is 6.52. The zero-order valence-corrected chi connectivity index (χ0v) is 20.0. The Kier molecular flexibility index (Phi) is 9.21. The molecule has 0 spiro atoms. The summed E-state index contributed by atoms with van der Waals surface area (Å²) in [4.78, 5) is 28.3. The lowest BCUT2D eigenvalue weighted by Gasteiger charge is -2.23. The molecule has 1 fully saturated rings. The number of hydrogen-bond donors (Lipinski definition) is 4. The molecule has 0 unspecified atom stereocenters. The molecule has 4 rings (SSSR count). The Morgan fingerprint density at radius 1 is 0.706 bits per heavy atom. The van der Waals surface area contributed by atoms with Crippen LogP contribution in [0, 0.1) is 0 Å². The summed E-state index contributed by atoms with van der Waals surface area (Å²) in [5.74, 6) is -0.144. The molecule has 0 amide bonds. The molecule has 1 saturated heterocycles. The van der Waals surface area contributed by atoms with Crippen LogP contribution in [0.3, 0.4) is 0 Å². The van der Waals surface area contributed by atoms with Crippen LogP contribution in [0.2, 0.25) is 0 Å². The van der Waals surface area contributed by atoms with E-state index >= 15 is 0 Å². The van der Waals surface area contributed by atoms with Gasteiger partial charge in [-0.05, 0) is 70.2 Å². The van der Waals surface area contributed by atoms with Gasteiger partial charge >= 0.3 is 0 Å². The van der Waals surface area contributed by atoms with E-state index in [1.807, 2.05) is 12.1 Å². The summed E-state index contributed by atoms with van der Waals surface area (Å²) in [6.07, 6.45) is 3.32. The van der Waals surface area contributed by atoms with Gasteiger partial charge in [0, 0.05) is 60.7 Å². The molecule has 0 saturated carbocycles. The third kappa shape index (κ3) is 6.51. The first-order valence-corrected chi connectivity index (χ1v) is 12.6. The van der Waals surface area contributed by atoms with E-state index in [0.717, 1.165) is 90.4 Å². The molecule has 2 aromatic carbocycles. The van der Waals surface area contributed by atoms with Gasteiger partial charge in [0.15, 0.2) is 11.6 Å². The second kappa shape index (κ2) is 12.8. The summed E-state index contributed by atoms with van der Waals surface area (Å²) >= 11 is 0. The van der Waals surface area contributed by atoms with Crippen LogP contribution in [0.4, 0.5) is 5.69 Å². The molecule has 0 radical (unpaired) electrons. The molecule has 1 aliphatic heterocycles. The fraction of sp³-hybridized carbons (Fsp3) is 0.481. The Bertz CT molecular complexity index is 963. The second-order valence-corrected chi connectivity index (χ2v) is 9.04. The highest BCUT2D eigenvalue weighted by atomic mass is 16.1. The van der Waals surface area contributed by atoms with Crippen molar-refractivity contribution in [3.8, 4) is 0 Å². The van der Waals surface area contributed by atoms with Gasteiger partial charge in [-0.1, -0.05) is 24.3 Å². The maximum Gasteiger partial charge on any atom is 0.194 e. The number of fused-ring (bicyclic) bond motifs is 2. The number of hydrogen-bond acceptors (Lipinski definition) is 7. The normalized spacial score (nSPS) is 18.6. The monoisotopic (exact) mass is 463 g/mol. The maximum atomic E-state index is 12.9. The smallest absolute Gasteiger partial charge is 0.194 e. The summed E-state index contributed by atoms with van der Waals surface area (Å²) < 4.78 is 0. The number of nitrogens with zero attached hydrogens (tertiary/aromatic N) is 1. The molecule has 7 nitrogen and oxygen atoms in total. The van der Waals surface area contributed by atoms with Crippen LogP contribution in [-0.4, -0.2) is 81.9 Å². The zero-order valence-electron chi connectivity index (χ0n) is 20.0. The van der Waals surface area contributed by atoms with E-state index in [1.54, 1.807) is 30.3 Å². The van der Waals surface area contributed by atoms with Crippen LogP contribution in [0.15, 0.2) is 42.5 Å². The van der Waals surface area contributed by atoms with Gasteiger partial charge < -0.3 is 26.2 Å². The van der Waals surface area contributed by atoms with Gasteiger partial charge in [-0.2, -0.15) is 0 Å². The van der Waals surface area contributed by atoms with Gasteiger partial charge in [0.1, 0.15) is 0 Å². The lowest BCUT2D eigenvalue weighted by molar-refractivity contribution is 0.0979. The molecule has 2 aromatic rings. The highest BCUT2D eigenvalue weighted by Crippen LogP contribution is 2.29. The minimum absolute atomic E-state index is 0.0715. The first kappa shape index (κ1) is 24.5. The van der Waals surface area contributed by atoms with E-state index in [4.69, 9.17) is 0 Å². The van der Waals surface area contributed by atoms with Crippen molar-refractivity contribution in [3.05, 3.63) is 64.7 Å². The minimum Gasteiger partial charge on any atom is -0.385 e. The minimum atomic E-state index is -0.0726. The largest absolute Gasteiger partial charge is 0.385 e. The van der Waals surface area contributed by atoms with E-state index in [2.05, 4.69) is 26.2 Å². The van der Waals surface area contributed by atoms with Crippen molar-refractivity contribution in [1.82, 2.24) is 20.9 Å². The topological polar surface area (TPSA) is 85.5 Å². The lowest BCUT2D eigenvalue weighted by atomic mass is 9.84. The highest BCUT2D eigenvalue weighted by molar-refractivity contribution is 6.28. The van der Waals surface area contributed by atoms with Crippen LogP contribution in [-0.2, 0) is 0 Å². The molecule has 1 aliphatic carbocycles. The lowest BCUT2D eigenvalue weighted by Crippen LogP contribution is -2.37. The Morgan fingerprint density at radius 3 is 2.12 bits per heavy atom. The van der Waals surface area contributed by atoms with Gasteiger partial charge in [0.2, 0.25) is 0 Å². The molecule has 34 heavy (non-hydrogen) atoms. The molecular weight excluding hydrogens is 426 g/mol. The van der Waals surface area contributed by atoms with E-state index in [-0.39, 0.29) is 11.6 Å². The number of carbonyl (C=O) groups is 2. The van der Waals surface area contributed by atoms with Crippen molar-refractivity contribution in [2.75, 3.05) is 70.8 Å². The van der Waals surface area contributed by atoms with Crippen LogP contribution < -0.4 is 21.3 Å². The summed E-state index contributed by atoms with van der Waals surface area (Å²) in [6, 6.07) is 12.6. The fourth-order valence-electron chi connectivity index (χ4n) is 4.64. The first-order chi connectivity index (χ1) is 16.7. The predicted octanol–water partition coefficient (Wildman–Crippen LogP) is 2.13. The summed E-state index contributed by atoms with van der Waals surface area (Å²) in [5.41, 5.74) is 2.88. The molecule has 0 aromatic heterocycles. The SMILES string of the molecule is O=C1c2ccccc2C(=O)c2cc(NCCCN3CCCNCCNCCCNCC3)ccc21. The molecule has 182 valence electrons. The quantitative estimate of drug-likeness (QED) is 0.432. The van der Waals surface area contributed by atoms with Gasteiger partial charge in [-0.15, -0.1) is 0 Å². The van der Waals surface area contributed by atoms with Crippen LogP contribution in [0.5, 0.6) is 0 Å². The van der Waals surface area contributed by atoms with Crippen molar-refractivity contribution in [2.45, 2.75) is 19.3 Å². The second-order valence-electron chi connectivity index (χ2n) is 9.04. The zero-order chi connectivity index (χ0) is 23.6. The standard InChI is InChI=1S/C27H37N5O2/c33-26-22-6-1-2-7-23(22)27(34)25-20-21(8-9-24(25)26)31-13-5-18-32-17-4-12-29-15-14-28-10-3-11-30-16-19-32/h1-2,6-9,20,28-31H,3-5,10-19H2. The van der Waals surface area contributed by atoms with Crippen molar-refractivity contribution in [1.29, 1.82) is 0 Å². The number of anilines is 1. The molecule has 4 N–H and O–H groups in total. The average molecular weight is 464 g/mol. The van der Waals surface area contributed by atoms with Crippen molar-refractivity contribution >= 4 is 17.3 Å². The Hall–Kier alpha value is -2.58. The Labute approximate surface area is 202 Å². The van der Waals surface area contributed by atoms with Gasteiger partial charge in [-0.25, -0.2) is 0 Å². The third-order valence-corrected chi connectivity index (χ3v) is 6.52. The number of benzene rings is 2. The number of rotatable bonds is 5. The summed E-state index contributed by atoms with van der Waals surface area (Å²) in [7, 11) is 0. The van der Waals surface area contributed by atoms with E-state index < -0.39 is 0 Å². The Balaban J connectivity index is 1.27. The van der Waals surface area contributed by atoms with E-state index in [9.17, 15) is 9.59 Å². The number of ketones is 2. The fourth-order valence-corrected chi connectivity index (χ4v) is 4.64. The van der Waals surface area contributed by atoms with Gasteiger partial charge in [0.25, 0.3) is 0 Å². The molecule has 0 atom stereocenters. The summed E-state index contributed by atoms with van der Waals surface area (Å²) in [5, 5.41) is 14.0. The first-order valence-electron chi connectivity index (χ1n) is 12.6. The van der Waals surface area contributed by atoms with Crippen molar-refractivity contribution in [2.24, 2.45) is 0 Å². The highest BCUT2D eigenvalue weighted by Gasteiger charge is 2.29. The Morgan fingerprint density at radius 2 is 1.35 bits per heavy atom. The average Bonchev–Trinajstić information content (AvgIpc) is 2.87.